The highest BCUT2D eigenvalue weighted by atomic mass is 16.5. The van der Waals surface area contributed by atoms with Crippen LogP contribution in [0.4, 0.5) is 0 Å². The number of phenolic OH excluding ortho intramolecular Hbond substituents is 1. The Morgan fingerprint density at radius 2 is 1.87 bits per heavy atom. The molecule has 0 spiro atoms. The van der Waals surface area contributed by atoms with E-state index in [-0.39, 0.29) is 5.97 Å². The van der Waals surface area contributed by atoms with Gasteiger partial charge >= 0.3 is 5.97 Å². The van der Waals surface area contributed by atoms with Gasteiger partial charge in [0.05, 0.1) is 27.5 Å². The van der Waals surface area contributed by atoms with Crippen LogP contribution < -0.4 is 11.5 Å². The second kappa shape index (κ2) is 13.4. The van der Waals surface area contributed by atoms with Crippen LogP contribution in [0.1, 0.15) is 18.2 Å². The first kappa shape index (κ1) is 26.2. The number of phenols is 1. The lowest BCUT2D eigenvalue weighted by Crippen LogP contribution is -2.37. The predicted molar refractivity (Wildman–Crippen MR) is 124 cm³/mol. The average molecular weight is 434 g/mol. The number of esters is 1. The van der Waals surface area contributed by atoms with Crippen molar-refractivity contribution in [1.29, 1.82) is 0 Å². The number of hydrogen-bond donors (Lipinski definition) is 5. The normalized spacial score (nSPS) is 10.6. The molecule has 7 N–H and O–H groups in total. The van der Waals surface area contributed by atoms with Gasteiger partial charge in [0.2, 0.25) is 0 Å². The molecule has 0 aliphatic carbocycles. The Bertz CT molecular complexity index is 884. The number of rotatable bonds is 7. The number of H-pyrrole nitrogens is 2. The van der Waals surface area contributed by atoms with Gasteiger partial charge in [-0.2, -0.15) is 0 Å². The maximum absolute atomic E-state index is 10.3. The van der Waals surface area contributed by atoms with Gasteiger partial charge in [-0.3, -0.25) is 4.79 Å². The zero-order valence-electron chi connectivity index (χ0n) is 19.0. The summed E-state index contributed by atoms with van der Waals surface area (Å²) in [6, 6.07) is 5.30. The average Bonchev–Trinajstić information content (AvgIpc) is 3.32. The Labute approximate surface area is 184 Å². The molecule has 0 aliphatic rings. The lowest BCUT2D eigenvalue weighted by atomic mass is 10.1. The van der Waals surface area contributed by atoms with Gasteiger partial charge in [-0.25, -0.2) is 4.98 Å². The lowest BCUT2D eigenvalue weighted by molar-refractivity contribution is -0.870. The number of ether oxygens (including phenoxy) is 1. The number of imidazole rings is 1. The lowest BCUT2D eigenvalue weighted by Gasteiger charge is -2.23. The number of aromatic hydroxyl groups is 1. The summed E-state index contributed by atoms with van der Waals surface area (Å²) in [5.74, 6) is 0.0961. The molecule has 9 heteroatoms. The van der Waals surface area contributed by atoms with E-state index in [1.54, 1.807) is 24.7 Å². The van der Waals surface area contributed by atoms with Crippen LogP contribution in [0.15, 0.2) is 36.9 Å². The van der Waals surface area contributed by atoms with Crippen molar-refractivity contribution in [2.24, 2.45) is 11.5 Å². The molecule has 9 nitrogen and oxygen atoms in total. The zero-order chi connectivity index (χ0) is 23.3. The number of carbonyl (C=O) groups is 1. The van der Waals surface area contributed by atoms with Gasteiger partial charge in [-0.05, 0) is 43.3 Å². The highest BCUT2D eigenvalue weighted by Gasteiger charge is 2.06. The summed E-state index contributed by atoms with van der Waals surface area (Å²) in [6.07, 6.45) is 7.11. The van der Waals surface area contributed by atoms with Crippen molar-refractivity contribution in [2.45, 2.75) is 19.8 Å². The summed E-state index contributed by atoms with van der Waals surface area (Å²) in [7, 11) is 6.18. The molecular weight excluding hydrogens is 396 g/mol. The summed E-state index contributed by atoms with van der Waals surface area (Å²) < 4.78 is 5.59. The maximum Gasteiger partial charge on any atom is 0.302 e. The van der Waals surface area contributed by atoms with Crippen molar-refractivity contribution in [3.05, 3.63) is 48.2 Å². The number of nitrogens with two attached hydrogens (primary N) is 2. The first-order valence-electron chi connectivity index (χ1n) is 10.3. The molecule has 3 rings (SSSR count). The standard InChI is InChI=1S/C10H12N2O.C7H16NO2.C5H9N3/c11-4-3-7-6-12-10-2-1-8(13)5-9(7)10;1-7(9)10-6-5-8(2,3)4;6-2-1-5-3-7-4-8-5/h1-2,5-6,12-13H,3-4,11H2;5-6H2,1-4H3;3-4H,1-2,6H2,(H,7,8)/q;+1;. The number of aromatic amines is 2. The fraction of sp³-hybridized carbons (Fsp3) is 0.455. The van der Waals surface area contributed by atoms with E-state index in [1.165, 1.54) is 6.92 Å². The fourth-order valence-corrected chi connectivity index (χ4v) is 2.57. The van der Waals surface area contributed by atoms with Crippen molar-refractivity contribution in [1.82, 2.24) is 15.0 Å². The van der Waals surface area contributed by atoms with Crippen LogP contribution >= 0.6 is 0 Å². The van der Waals surface area contributed by atoms with Crippen LogP contribution in [-0.4, -0.2) is 77.9 Å². The fourth-order valence-electron chi connectivity index (χ4n) is 2.57. The first-order chi connectivity index (χ1) is 14.7. The number of benzene rings is 1. The number of carbonyl (C=O) groups excluding carboxylic acids is 1. The third-order valence-electron chi connectivity index (χ3n) is 4.20. The smallest absolute Gasteiger partial charge is 0.302 e. The zero-order valence-corrected chi connectivity index (χ0v) is 19.0. The van der Waals surface area contributed by atoms with Crippen molar-refractivity contribution in [2.75, 3.05) is 47.4 Å². The van der Waals surface area contributed by atoms with Crippen LogP contribution in [0.5, 0.6) is 5.75 Å². The second-order valence-electron chi connectivity index (χ2n) is 8.05. The summed E-state index contributed by atoms with van der Waals surface area (Å²) in [6.45, 7) is 4.11. The summed E-state index contributed by atoms with van der Waals surface area (Å²) in [5.41, 5.74) is 14.1. The van der Waals surface area contributed by atoms with Crippen LogP contribution in [0.25, 0.3) is 10.9 Å². The minimum atomic E-state index is -0.201. The highest BCUT2D eigenvalue weighted by Crippen LogP contribution is 2.22. The van der Waals surface area contributed by atoms with Crippen LogP contribution in [-0.2, 0) is 22.4 Å². The number of quaternary nitrogens is 1. The maximum atomic E-state index is 10.3. The summed E-state index contributed by atoms with van der Waals surface area (Å²) >= 11 is 0. The van der Waals surface area contributed by atoms with E-state index < -0.39 is 0 Å². The van der Waals surface area contributed by atoms with E-state index in [1.807, 2.05) is 12.3 Å². The first-order valence-corrected chi connectivity index (χ1v) is 10.3. The Balaban J connectivity index is 0.000000241. The molecule has 0 bridgehead atoms. The minimum Gasteiger partial charge on any atom is -0.508 e. The van der Waals surface area contributed by atoms with E-state index in [4.69, 9.17) is 16.2 Å². The predicted octanol–water partition coefficient (Wildman–Crippen LogP) is 1.54. The largest absolute Gasteiger partial charge is 0.508 e. The molecule has 0 saturated carbocycles. The topological polar surface area (TPSA) is 143 Å². The van der Waals surface area contributed by atoms with E-state index >= 15 is 0 Å². The molecule has 0 radical (unpaired) electrons. The molecule has 0 unspecified atom stereocenters. The molecular formula is C22H37N6O3+. The number of aromatic nitrogens is 3. The molecule has 0 saturated heterocycles. The van der Waals surface area contributed by atoms with E-state index in [2.05, 4.69) is 36.1 Å². The van der Waals surface area contributed by atoms with Crippen LogP contribution in [0.3, 0.4) is 0 Å². The number of likely N-dealkylation sites (N-methyl/N-ethyl adjacent to an activating group) is 1. The van der Waals surface area contributed by atoms with Crippen molar-refractivity contribution >= 4 is 16.9 Å². The SMILES string of the molecule is CC(=O)OCC[N+](C)(C)C.NCCc1c[nH]c2ccc(O)cc12.NCCc1cnc[nH]1. The van der Waals surface area contributed by atoms with Gasteiger partial charge in [-0.15, -0.1) is 0 Å². The van der Waals surface area contributed by atoms with Crippen molar-refractivity contribution in [3.63, 3.8) is 0 Å². The number of fused-ring (bicyclic) bond motifs is 1. The van der Waals surface area contributed by atoms with Crippen LogP contribution in [0, 0.1) is 0 Å². The van der Waals surface area contributed by atoms with Gasteiger partial charge in [0, 0.05) is 42.3 Å². The van der Waals surface area contributed by atoms with Gasteiger partial charge in [0.25, 0.3) is 0 Å². The molecule has 3 aromatic rings. The van der Waals surface area contributed by atoms with E-state index in [9.17, 15) is 9.90 Å². The van der Waals surface area contributed by atoms with Crippen LogP contribution in [0.2, 0.25) is 0 Å². The quantitative estimate of drug-likeness (QED) is 0.282. The molecule has 0 aliphatic heterocycles. The monoisotopic (exact) mass is 433 g/mol. The minimum absolute atomic E-state index is 0.201. The third-order valence-corrected chi connectivity index (χ3v) is 4.20. The molecule has 0 amide bonds. The Morgan fingerprint density at radius 3 is 2.42 bits per heavy atom. The van der Waals surface area contributed by atoms with E-state index in [0.717, 1.165) is 46.0 Å². The van der Waals surface area contributed by atoms with Crippen molar-refractivity contribution in [3.8, 4) is 5.75 Å². The second-order valence-corrected chi connectivity index (χ2v) is 8.05. The molecule has 0 atom stereocenters. The highest BCUT2D eigenvalue weighted by molar-refractivity contribution is 5.84. The molecule has 0 fully saturated rings. The molecule has 172 valence electrons. The number of hydrogen-bond acceptors (Lipinski definition) is 6. The Hall–Kier alpha value is -2.88. The Kier molecular flexibility index (Phi) is 11.3. The molecule has 1 aromatic carbocycles. The van der Waals surface area contributed by atoms with Gasteiger partial charge in [0.15, 0.2) is 0 Å². The van der Waals surface area contributed by atoms with Gasteiger partial charge in [0.1, 0.15) is 18.9 Å². The Morgan fingerprint density at radius 1 is 1.16 bits per heavy atom. The van der Waals surface area contributed by atoms with Gasteiger partial charge in [-0.1, -0.05) is 0 Å². The summed E-state index contributed by atoms with van der Waals surface area (Å²) in [4.78, 5) is 20.2. The van der Waals surface area contributed by atoms with Crippen molar-refractivity contribution < 1.29 is 19.1 Å². The number of nitrogens with zero attached hydrogens (tertiary/aromatic N) is 2. The third kappa shape index (κ3) is 11.2. The molecule has 2 heterocycles. The molecule has 2 aromatic heterocycles. The number of nitrogens with one attached hydrogen (secondary N) is 2. The summed E-state index contributed by atoms with van der Waals surface area (Å²) in [5, 5.41) is 10.4. The van der Waals surface area contributed by atoms with E-state index in [0.29, 0.717) is 25.4 Å². The van der Waals surface area contributed by atoms with Gasteiger partial charge < -0.3 is 35.8 Å². The molecule has 31 heavy (non-hydrogen) atoms.